The van der Waals surface area contributed by atoms with Crippen molar-refractivity contribution in [3.63, 3.8) is 0 Å². The molecule has 1 unspecified atom stereocenters. The minimum atomic E-state index is 0.212. The van der Waals surface area contributed by atoms with E-state index in [0.717, 1.165) is 19.5 Å². The number of likely N-dealkylation sites (N-methyl/N-ethyl adjacent to an activating group) is 1. The minimum absolute atomic E-state index is 0.212. The quantitative estimate of drug-likeness (QED) is 0.764. The third-order valence-electron chi connectivity index (χ3n) is 2.85. The zero-order chi connectivity index (χ0) is 11.5. The van der Waals surface area contributed by atoms with Crippen molar-refractivity contribution in [1.82, 2.24) is 14.9 Å². The summed E-state index contributed by atoms with van der Waals surface area (Å²) in [5, 5.41) is 3.19. The van der Waals surface area contributed by atoms with Crippen LogP contribution >= 0.6 is 0 Å². The van der Waals surface area contributed by atoms with Gasteiger partial charge in [-0.15, -0.1) is 0 Å². The lowest BCUT2D eigenvalue weighted by Crippen LogP contribution is -2.29. The summed E-state index contributed by atoms with van der Waals surface area (Å²) in [5.41, 5.74) is 7.95. The lowest BCUT2D eigenvalue weighted by Gasteiger charge is -2.24. The Morgan fingerprint density at radius 1 is 1.62 bits per heavy atom. The maximum absolute atomic E-state index is 5.55. The number of aromatic nitrogens is 2. The van der Waals surface area contributed by atoms with Crippen LogP contribution in [0.4, 0.5) is 5.95 Å². The van der Waals surface area contributed by atoms with Crippen molar-refractivity contribution in [1.29, 1.82) is 0 Å². The Morgan fingerprint density at radius 3 is 3.19 bits per heavy atom. The third kappa shape index (κ3) is 2.48. The second-order valence-corrected chi connectivity index (χ2v) is 4.43. The molecule has 1 aliphatic heterocycles. The van der Waals surface area contributed by atoms with E-state index >= 15 is 0 Å². The van der Waals surface area contributed by atoms with E-state index in [1.807, 2.05) is 13.1 Å². The van der Waals surface area contributed by atoms with Gasteiger partial charge in [-0.05, 0) is 14.0 Å². The summed E-state index contributed by atoms with van der Waals surface area (Å²) in [7, 11) is 2.12. The van der Waals surface area contributed by atoms with E-state index in [4.69, 9.17) is 5.73 Å². The maximum atomic E-state index is 5.55. The molecule has 0 aromatic carbocycles. The van der Waals surface area contributed by atoms with Crippen LogP contribution in [0.1, 0.15) is 18.2 Å². The molecule has 5 nitrogen and oxygen atoms in total. The molecule has 0 bridgehead atoms. The molecule has 0 aliphatic carbocycles. The second kappa shape index (κ2) is 4.76. The predicted molar refractivity (Wildman–Crippen MR) is 64.2 cm³/mol. The van der Waals surface area contributed by atoms with Crippen molar-refractivity contribution < 1.29 is 0 Å². The van der Waals surface area contributed by atoms with Crippen molar-refractivity contribution in [2.24, 2.45) is 5.73 Å². The highest BCUT2D eigenvalue weighted by Gasteiger charge is 2.15. The molecule has 3 N–H and O–H groups in total. The molecule has 16 heavy (non-hydrogen) atoms. The first-order valence-electron chi connectivity index (χ1n) is 5.69. The Hall–Kier alpha value is -1.20. The standard InChI is InChI=1S/C11H19N5/c1-8(5-12)14-11-13-6-9-7-16(2)4-3-10(9)15-11/h6,8H,3-5,7,12H2,1-2H3,(H,13,14,15). The van der Waals surface area contributed by atoms with Gasteiger partial charge in [0.05, 0.1) is 5.69 Å². The maximum Gasteiger partial charge on any atom is 0.223 e. The number of nitrogens with one attached hydrogen (secondary N) is 1. The van der Waals surface area contributed by atoms with Crippen LogP contribution in [-0.2, 0) is 13.0 Å². The van der Waals surface area contributed by atoms with Crippen LogP contribution in [0.3, 0.4) is 0 Å². The van der Waals surface area contributed by atoms with Crippen LogP contribution in [0, 0.1) is 0 Å². The number of hydrogen-bond donors (Lipinski definition) is 2. The highest BCUT2D eigenvalue weighted by molar-refractivity contribution is 5.31. The number of fused-ring (bicyclic) bond motifs is 1. The Balaban J connectivity index is 2.13. The van der Waals surface area contributed by atoms with Gasteiger partial charge >= 0.3 is 0 Å². The average molecular weight is 221 g/mol. The van der Waals surface area contributed by atoms with E-state index in [0.29, 0.717) is 12.5 Å². The summed E-state index contributed by atoms with van der Waals surface area (Å²) in [5.74, 6) is 0.696. The third-order valence-corrected chi connectivity index (χ3v) is 2.85. The lowest BCUT2D eigenvalue weighted by molar-refractivity contribution is 0.309. The first-order valence-corrected chi connectivity index (χ1v) is 5.69. The van der Waals surface area contributed by atoms with E-state index in [1.54, 1.807) is 0 Å². The normalized spacial score (nSPS) is 17.9. The first-order chi connectivity index (χ1) is 7.69. The van der Waals surface area contributed by atoms with Gasteiger partial charge in [0.25, 0.3) is 0 Å². The Labute approximate surface area is 96.1 Å². The fraction of sp³-hybridized carbons (Fsp3) is 0.636. The Morgan fingerprint density at radius 2 is 2.44 bits per heavy atom. The van der Waals surface area contributed by atoms with Crippen LogP contribution in [0.2, 0.25) is 0 Å². The molecule has 1 aromatic heterocycles. The molecule has 0 radical (unpaired) electrons. The number of nitrogens with two attached hydrogens (primary N) is 1. The molecule has 0 saturated heterocycles. The van der Waals surface area contributed by atoms with Crippen LogP contribution in [-0.4, -0.2) is 41.0 Å². The molecule has 0 saturated carbocycles. The van der Waals surface area contributed by atoms with Crippen molar-refractivity contribution in [2.45, 2.75) is 25.9 Å². The van der Waals surface area contributed by atoms with Crippen molar-refractivity contribution in [3.05, 3.63) is 17.5 Å². The van der Waals surface area contributed by atoms with Gasteiger partial charge in [-0.3, -0.25) is 0 Å². The fourth-order valence-corrected chi connectivity index (χ4v) is 1.81. The summed E-state index contributed by atoms with van der Waals surface area (Å²) in [6, 6.07) is 0.212. The Kier molecular flexibility index (Phi) is 3.36. The van der Waals surface area contributed by atoms with Crippen LogP contribution < -0.4 is 11.1 Å². The average Bonchev–Trinajstić information content (AvgIpc) is 2.29. The zero-order valence-corrected chi connectivity index (χ0v) is 9.90. The topological polar surface area (TPSA) is 67.1 Å². The largest absolute Gasteiger partial charge is 0.350 e. The summed E-state index contributed by atoms with van der Waals surface area (Å²) < 4.78 is 0. The van der Waals surface area contributed by atoms with Gasteiger partial charge in [-0.25, -0.2) is 9.97 Å². The lowest BCUT2D eigenvalue weighted by atomic mass is 10.1. The monoisotopic (exact) mass is 221 g/mol. The highest BCUT2D eigenvalue weighted by atomic mass is 15.1. The molecular formula is C11H19N5. The zero-order valence-electron chi connectivity index (χ0n) is 9.90. The van der Waals surface area contributed by atoms with E-state index in [-0.39, 0.29) is 6.04 Å². The van der Waals surface area contributed by atoms with Gasteiger partial charge in [-0.2, -0.15) is 0 Å². The first kappa shape index (κ1) is 11.3. The van der Waals surface area contributed by atoms with Gasteiger partial charge in [0.1, 0.15) is 0 Å². The highest BCUT2D eigenvalue weighted by Crippen LogP contribution is 2.16. The SMILES string of the molecule is CC(CN)Nc1ncc2c(n1)CCN(C)C2. The molecule has 0 fully saturated rings. The van der Waals surface area contributed by atoms with Crippen LogP contribution in [0.25, 0.3) is 0 Å². The van der Waals surface area contributed by atoms with Gasteiger partial charge < -0.3 is 16.0 Å². The molecule has 0 amide bonds. The molecule has 0 spiro atoms. The second-order valence-electron chi connectivity index (χ2n) is 4.43. The van der Waals surface area contributed by atoms with Crippen molar-refractivity contribution >= 4 is 5.95 Å². The predicted octanol–water partition coefficient (Wildman–Crippen LogP) is 0.224. The molecule has 1 aromatic rings. The van der Waals surface area contributed by atoms with Gasteiger partial charge in [0.2, 0.25) is 5.95 Å². The molecule has 1 atom stereocenters. The van der Waals surface area contributed by atoms with E-state index < -0.39 is 0 Å². The number of anilines is 1. The van der Waals surface area contributed by atoms with E-state index in [1.165, 1.54) is 11.3 Å². The summed E-state index contributed by atoms with van der Waals surface area (Å²) in [6.45, 7) is 4.62. The smallest absolute Gasteiger partial charge is 0.223 e. The van der Waals surface area contributed by atoms with Gasteiger partial charge in [-0.1, -0.05) is 0 Å². The van der Waals surface area contributed by atoms with Crippen LogP contribution in [0.15, 0.2) is 6.20 Å². The summed E-state index contributed by atoms with van der Waals surface area (Å²) in [4.78, 5) is 11.1. The summed E-state index contributed by atoms with van der Waals surface area (Å²) in [6.07, 6.45) is 2.92. The molecule has 1 aliphatic rings. The van der Waals surface area contributed by atoms with Crippen LogP contribution in [0.5, 0.6) is 0 Å². The molecule has 88 valence electrons. The van der Waals surface area contributed by atoms with Gasteiger partial charge in [0, 0.05) is 43.9 Å². The number of hydrogen-bond acceptors (Lipinski definition) is 5. The molecular weight excluding hydrogens is 202 g/mol. The Bertz CT molecular complexity index is 365. The number of rotatable bonds is 3. The van der Waals surface area contributed by atoms with E-state index in [2.05, 4.69) is 27.2 Å². The van der Waals surface area contributed by atoms with E-state index in [9.17, 15) is 0 Å². The van der Waals surface area contributed by atoms with Crippen molar-refractivity contribution in [2.75, 3.05) is 25.5 Å². The van der Waals surface area contributed by atoms with Crippen molar-refractivity contribution in [3.8, 4) is 0 Å². The molecule has 2 heterocycles. The fourth-order valence-electron chi connectivity index (χ4n) is 1.81. The summed E-state index contributed by atoms with van der Waals surface area (Å²) >= 11 is 0. The number of nitrogens with zero attached hydrogens (tertiary/aromatic N) is 3. The molecule has 5 heteroatoms. The van der Waals surface area contributed by atoms with Gasteiger partial charge in [0.15, 0.2) is 0 Å². The minimum Gasteiger partial charge on any atom is -0.350 e. The molecule has 2 rings (SSSR count).